The Labute approximate surface area is 182 Å². The lowest BCUT2D eigenvalue weighted by Crippen LogP contribution is -2.27. The zero-order chi connectivity index (χ0) is 22.2. The van der Waals surface area contributed by atoms with Crippen molar-refractivity contribution in [3.8, 4) is 16.9 Å². The molecule has 2 atom stereocenters. The molecule has 0 spiro atoms. The average Bonchev–Trinajstić information content (AvgIpc) is 2.77. The number of hydrogen-bond acceptors (Lipinski definition) is 3. The number of benzene rings is 2. The third kappa shape index (κ3) is 6.01. The molecule has 6 heteroatoms. The van der Waals surface area contributed by atoms with Crippen LogP contribution in [0.5, 0.6) is 5.75 Å². The smallest absolute Gasteiger partial charge is 0.201 e. The van der Waals surface area contributed by atoms with E-state index in [1.54, 1.807) is 19.1 Å². The second-order valence-electron chi connectivity index (χ2n) is 7.88. The quantitative estimate of drug-likeness (QED) is 0.376. The van der Waals surface area contributed by atoms with Crippen molar-refractivity contribution >= 4 is 0 Å². The minimum absolute atomic E-state index is 0.00262. The van der Waals surface area contributed by atoms with Crippen LogP contribution in [0.1, 0.15) is 63.9 Å². The first kappa shape index (κ1) is 23.6. The van der Waals surface area contributed by atoms with Crippen LogP contribution < -0.4 is 4.74 Å². The Kier molecular flexibility index (Phi) is 8.79. The molecule has 0 radical (unpaired) electrons. The molecular formula is C25H31F3O3. The molecule has 0 bridgehead atoms. The summed E-state index contributed by atoms with van der Waals surface area (Å²) in [5.41, 5.74) is 0.811. The van der Waals surface area contributed by atoms with Crippen LogP contribution in [0, 0.1) is 17.5 Å². The van der Waals surface area contributed by atoms with Crippen LogP contribution in [0.3, 0.4) is 0 Å². The summed E-state index contributed by atoms with van der Waals surface area (Å²) in [5.74, 6) is -2.79. The van der Waals surface area contributed by atoms with Crippen molar-refractivity contribution in [2.45, 2.75) is 64.6 Å². The van der Waals surface area contributed by atoms with Crippen molar-refractivity contribution in [1.29, 1.82) is 0 Å². The Hall–Kier alpha value is -2.05. The van der Waals surface area contributed by atoms with E-state index in [2.05, 4.69) is 6.92 Å². The van der Waals surface area contributed by atoms with Gasteiger partial charge in [0.2, 0.25) is 5.82 Å². The molecule has 2 aromatic rings. The fraction of sp³-hybridized carbons (Fsp3) is 0.520. The minimum atomic E-state index is -1.06. The lowest BCUT2D eigenvalue weighted by atomic mass is 9.91. The van der Waals surface area contributed by atoms with E-state index in [4.69, 9.17) is 14.2 Å². The third-order valence-corrected chi connectivity index (χ3v) is 5.63. The maximum absolute atomic E-state index is 14.8. The highest BCUT2D eigenvalue weighted by molar-refractivity contribution is 5.66. The molecule has 0 amide bonds. The standard InChI is InChI=1S/C25H31F3O3/c1-3-5-6-7-14-30-23-13-9-18(16-31-23)19-10-8-17(15-21(19)26)20-11-12-22(29-4-2)25(28)24(20)27/h8,10-12,15,18,23H,3-7,9,13-14,16H2,1-2H3. The molecule has 1 fully saturated rings. The van der Waals surface area contributed by atoms with Gasteiger partial charge in [-0.05, 0) is 55.5 Å². The van der Waals surface area contributed by atoms with Crippen LogP contribution in [0.15, 0.2) is 30.3 Å². The van der Waals surface area contributed by atoms with E-state index in [9.17, 15) is 13.2 Å². The monoisotopic (exact) mass is 436 g/mol. The summed E-state index contributed by atoms with van der Waals surface area (Å²) in [7, 11) is 0. The predicted molar refractivity (Wildman–Crippen MR) is 115 cm³/mol. The van der Waals surface area contributed by atoms with Gasteiger partial charge in [0.1, 0.15) is 5.82 Å². The molecule has 0 saturated carbocycles. The molecule has 0 aliphatic carbocycles. The first-order chi connectivity index (χ1) is 15.0. The van der Waals surface area contributed by atoms with Crippen molar-refractivity contribution < 1.29 is 27.4 Å². The lowest BCUT2D eigenvalue weighted by Gasteiger charge is -2.29. The van der Waals surface area contributed by atoms with Gasteiger partial charge in [-0.1, -0.05) is 38.3 Å². The number of ether oxygens (including phenoxy) is 3. The Balaban J connectivity index is 1.61. The van der Waals surface area contributed by atoms with Crippen molar-refractivity contribution in [1.82, 2.24) is 0 Å². The maximum Gasteiger partial charge on any atom is 0.201 e. The highest BCUT2D eigenvalue weighted by Gasteiger charge is 2.26. The van der Waals surface area contributed by atoms with E-state index in [1.807, 2.05) is 0 Å². The molecule has 1 saturated heterocycles. The summed E-state index contributed by atoms with van der Waals surface area (Å²) < 4.78 is 60.1. The number of unbranched alkanes of at least 4 members (excludes halogenated alkanes) is 3. The summed E-state index contributed by atoms with van der Waals surface area (Å²) in [6, 6.07) is 7.28. The SMILES string of the molecule is CCCCCCOC1CCC(c2ccc(-c3ccc(OCC)c(F)c3F)cc2F)CO1. The van der Waals surface area contributed by atoms with Gasteiger partial charge < -0.3 is 14.2 Å². The molecule has 1 aliphatic rings. The highest BCUT2D eigenvalue weighted by Crippen LogP contribution is 2.34. The second-order valence-corrected chi connectivity index (χ2v) is 7.88. The zero-order valence-electron chi connectivity index (χ0n) is 18.3. The van der Waals surface area contributed by atoms with Crippen LogP contribution >= 0.6 is 0 Å². The second kappa shape index (κ2) is 11.5. The Morgan fingerprint density at radius 3 is 2.48 bits per heavy atom. The average molecular weight is 437 g/mol. The van der Waals surface area contributed by atoms with E-state index in [1.165, 1.54) is 31.0 Å². The van der Waals surface area contributed by atoms with E-state index >= 15 is 0 Å². The number of halogens is 3. The molecule has 0 aromatic heterocycles. The van der Waals surface area contributed by atoms with E-state index < -0.39 is 17.5 Å². The fourth-order valence-corrected chi connectivity index (χ4v) is 3.90. The zero-order valence-corrected chi connectivity index (χ0v) is 18.3. The van der Waals surface area contributed by atoms with Crippen LogP contribution in [0.4, 0.5) is 13.2 Å². The fourth-order valence-electron chi connectivity index (χ4n) is 3.90. The largest absolute Gasteiger partial charge is 0.491 e. The van der Waals surface area contributed by atoms with Crippen molar-refractivity contribution in [3.05, 3.63) is 53.3 Å². The van der Waals surface area contributed by atoms with E-state index in [0.717, 1.165) is 19.3 Å². The number of hydrogen-bond donors (Lipinski definition) is 0. The van der Waals surface area contributed by atoms with Crippen LogP contribution in [-0.4, -0.2) is 26.1 Å². The van der Waals surface area contributed by atoms with Gasteiger partial charge in [0.05, 0.1) is 13.2 Å². The summed E-state index contributed by atoms with van der Waals surface area (Å²) in [4.78, 5) is 0. The van der Waals surface area contributed by atoms with Gasteiger partial charge in [-0.15, -0.1) is 0 Å². The Morgan fingerprint density at radius 1 is 0.968 bits per heavy atom. The topological polar surface area (TPSA) is 27.7 Å². The molecule has 31 heavy (non-hydrogen) atoms. The van der Waals surface area contributed by atoms with Crippen molar-refractivity contribution in [2.24, 2.45) is 0 Å². The normalized spacial score (nSPS) is 18.9. The molecule has 2 unspecified atom stereocenters. The van der Waals surface area contributed by atoms with E-state index in [0.29, 0.717) is 25.2 Å². The summed E-state index contributed by atoms with van der Waals surface area (Å²) in [6.07, 6.45) is 5.80. The van der Waals surface area contributed by atoms with Gasteiger partial charge in [0.15, 0.2) is 17.9 Å². The van der Waals surface area contributed by atoms with Crippen molar-refractivity contribution in [2.75, 3.05) is 19.8 Å². The Morgan fingerprint density at radius 2 is 1.81 bits per heavy atom. The predicted octanol–water partition coefficient (Wildman–Crippen LogP) is 6.99. The third-order valence-electron chi connectivity index (χ3n) is 5.63. The lowest BCUT2D eigenvalue weighted by molar-refractivity contribution is -0.168. The van der Waals surface area contributed by atoms with Gasteiger partial charge in [-0.25, -0.2) is 8.78 Å². The minimum Gasteiger partial charge on any atom is -0.491 e. The molecule has 3 nitrogen and oxygen atoms in total. The molecule has 0 N–H and O–H groups in total. The van der Waals surface area contributed by atoms with Gasteiger partial charge in [-0.2, -0.15) is 4.39 Å². The van der Waals surface area contributed by atoms with Crippen LogP contribution in [0.25, 0.3) is 11.1 Å². The molecule has 1 aliphatic heterocycles. The van der Waals surface area contributed by atoms with Gasteiger partial charge in [0.25, 0.3) is 0 Å². The molecule has 1 heterocycles. The van der Waals surface area contributed by atoms with Gasteiger partial charge in [0, 0.05) is 18.1 Å². The summed E-state index contributed by atoms with van der Waals surface area (Å²) in [6.45, 7) is 5.15. The summed E-state index contributed by atoms with van der Waals surface area (Å²) >= 11 is 0. The first-order valence-corrected chi connectivity index (χ1v) is 11.2. The summed E-state index contributed by atoms with van der Waals surface area (Å²) in [5, 5.41) is 0. The number of rotatable bonds is 10. The van der Waals surface area contributed by atoms with Crippen molar-refractivity contribution in [3.63, 3.8) is 0 Å². The highest BCUT2D eigenvalue weighted by atomic mass is 19.2. The molecule has 170 valence electrons. The van der Waals surface area contributed by atoms with Gasteiger partial charge in [-0.3, -0.25) is 0 Å². The molecule has 3 rings (SSSR count). The van der Waals surface area contributed by atoms with Crippen LogP contribution in [-0.2, 0) is 9.47 Å². The molecule has 2 aromatic carbocycles. The van der Waals surface area contributed by atoms with Gasteiger partial charge >= 0.3 is 0 Å². The first-order valence-electron chi connectivity index (χ1n) is 11.2. The Bertz CT molecular complexity index is 848. The van der Waals surface area contributed by atoms with Crippen LogP contribution in [0.2, 0.25) is 0 Å². The maximum atomic E-state index is 14.8. The van der Waals surface area contributed by atoms with E-state index in [-0.39, 0.29) is 35.7 Å². The molecular weight excluding hydrogens is 405 g/mol.